The van der Waals surface area contributed by atoms with Crippen LogP contribution < -0.4 is 10.5 Å². The third kappa shape index (κ3) is 2.81. The smallest absolute Gasteiger partial charge is 0.292 e. The number of nitrogens with zero attached hydrogens (tertiary/aromatic N) is 1. The Bertz CT molecular complexity index is 698. The molecule has 5 nitrogen and oxygen atoms in total. The second kappa shape index (κ2) is 5.44. The summed E-state index contributed by atoms with van der Waals surface area (Å²) in [5, 5.41) is 10.7. The van der Waals surface area contributed by atoms with Crippen molar-refractivity contribution in [3.8, 4) is 5.75 Å². The van der Waals surface area contributed by atoms with E-state index in [9.17, 15) is 10.1 Å². The highest BCUT2D eigenvalue weighted by Crippen LogP contribution is 2.27. The number of benzene rings is 2. The standard InChI is InChI=1S/C16H16N2O3/c17-15-8-11(4-7-16(15)18(19)20)10-21-14-6-5-12-2-1-3-13(12)9-14/h4-9H,1-3,10,17H2. The molecular formula is C16H16N2O3. The molecular weight excluding hydrogens is 268 g/mol. The Balaban J connectivity index is 1.70. The number of nitrogens with two attached hydrogens (primary N) is 1. The van der Waals surface area contributed by atoms with Crippen LogP contribution in [0.1, 0.15) is 23.1 Å². The molecule has 5 heteroatoms. The summed E-state index contributed by atoms with van der Waals surface area (Å²) in [6.45, 7) is 0.348. The molecule has 0 amide bonds. The summed E-state index contributed by atoms with van der Waals surface area (Å²) in [6, 6.07) is 10.8. The van der Waals surface area contributed by atoms with E-state index in [4.69, 9.17) is 10.5 Å². The Labute approximate surface area is 122 Å². The highest BCUT2D eigenvalue weighted by atomic mass is 16.6. The van der Waals surface area contributed by atoms with E-state index in [1.165, 1.54) is 23.6 Å². The SMILES string of the molecule is Nc1cc(COc2ccc3c(c2)CCC3)ccc1[N+](=O)[O-]. The zero-order chi connectivity index (χ0) is 14.8. The fraction of sp³-hybridized carbons (Fsp3) is 0.250. The monoisotopic (exact) mass is 284 g/mol. The second-order valence-electron chi connectivity index (χ2n) is 5.22. The van der Waals surface area contributed by atoms with Crippen LogP contribution >= 0.6 is 0 Å². The van der Waals surface area contributed by atoms with Crippen molar-refractivity contribution < 1.29 is 9.66 Å². The Kier molecular flexibility index (Phi) is 3.48. The number of nitrogen functional groups attached to an aromatic ring is 1. The lowest BCUT2D eigenvalue weighted by molar-refractivity contribution is -0.383. The van der Waals surface area contributed by atoms with Crippen LogP contribution in [-0.4, -0.2) is 4.92 Å². The predicted molar refractivity (Wildman–Crippen MR) is 80.3 cm³/mol. The number of hydrogen-bond donors (Lipinski definition) is 1. The molecule has 0 bridgehead atoms. The Morgan fingerprint density at radius 2 is 1.95 bits per heavy atom. The minimum atomic E-state index is -0.486. The molecule has 0 radical (unpaired) electrons. The van der Waals surface area contributed by atoms with Crippen LogP contribution in [0.4, 0.5) is 11.4 Å². The maximum atomic E-state index is 10.7. The first-order valence-corrected chi connectivity index (χ1v) is 6.91. The van der Waals surface area contributed by atoms with Crippen molar-refractivity contribution >= 4 is 11.4 Å². The van der Waals surface area contributed by atoms with Gasteiger partial charge in [0.1, 0.15) is 18.0 Å². The average molecular weight is 284 g/mol. The summed E-state index contributed by atoms with van der Waals surface area (Å²) in [6.07, 6.45) is 3.46. The molecule has 0 heterocycles. The molecule has 2 aromatic carbocycles. The van der Waals surface area contributed by atoms with Crippen LogP contribution in [0.25, 0.3) is 0 Å². The van der Waals surface area contributed by atoms with Crippen molar-refractivity contribution in [1.29, 1.82) is 0 Å². The van der Waals surface area contributed by atoms with Gasteiger partial charge in [-0.15, -0.1) is 0 Å². The topological polar surface area (TPSA) is 78.4 Å². The fourth-order valence-corrected chi connectivity index (χ4v) is 2.66. The minimum absolute atomic E-state index is 0.0729. The first-order valence-electron chi connectivity index (χ1n) is 6.91. The lowest BCUT2D eigenvalue weighted by Crippen LogP contribution is -2.00. The number of ether oxygens (including phenoxy) is 1. The number of nitro benzene ring substituents is 1. The van der Waals surface area contributed by atoms with E-state index in [1.807, 2.05) is 6.07 Å². The van der Waals surface area contributed by atoms with Gasteiger partial charge in [0.2, 0.25) is 0 Å². The summed E-state index contributed by atoms with van der Waals surface area (Å²) in [5.74, 6) is 0.826. The molecule has 21 heavy (non-hydrogen) atoms. The number of hydrogen-bond acceptors (Lipinski definition) is 4. The number of rotatable bonds is 4. The van der Waals surface area contributed by atoms with Gasteiger partial charge in [-0.1, -0.05) is 6.07 Å². The van der Waals surface area contributed by atoms with E-state index in [0.29, 0.717) is 6.61 Å². The maximum Gasteiger partial charge on any atom is 0.292 e. The normalized spacial score (nSPS) is 13.0. The van der Waals surface area contributed by atoms with E-state index < -0.39 is 4.92 Å². The summed E-state index contributed by atoms with van der Waals surface area (Å²) in [7, 11) is 0. The Hall–Kier alpha value is -2.56. The molecule has 0 aliphatic heterocycles. The highest BCUT2D eigenvalue weighted by molar-refractivity contribution is 5.59. The summed E-state index contributed by atoms with van der Waals surface area (Å²) in [4.78, 5) is 10.2. The first-order chi connectivity index (χ1) is 10.1. The largest absolute Gasteiger partial charge is 0.489 e. The molecule has 0 unspecified atom stereocenters. The van der Waals surface area contributed by atoms with Crippen molar-refractivity contribution in [3.63, 3.8) is 0 Å². The van der Waals surface area contributed by atoms with Crippen molar-refractivity contribution in [2.45, 2.75) is 25.9 Å². The third-order valence-electron chi connectivity index (χ3n) is 3.76. The van der Waals surface area contributed by atoms with Crippen LogP contribution in [0, 0.1) is 10.1 Å². The summed E-state index contributed by atoms with van der Waals surface area (Å²) >= 11 is 0. The Morgan fingerprint density at radius 3 is 2.71 bits per heavy atom. The van der Waals surface area contributed by atoms with Gasteiger partial charge in [0.25, 0.3) is 5.69 Å². The van der Waals surface area contributed by atoms with E-state index >= 15 is 0 Å². The molecule has 1 aliphatic rings. The van der Waals surface area contributed by atoms with E-state index in [-0.39, 0.29) is 11.4 Å². The molecule has 1 aliphatic carbocycles. The van der Waals surface area contributed by atoms with Crippen LogP contribution in [-0.2, 0) is 19.4 Å². The molecule has 0 spiro atoms. The molecule has 0 saturated carbocycles. The zero-order valence-corrected chi connectivity index (χ0v) is 11.5. The minimum Gasteiger partial charge on any atom is -0.489 e. The average Bonchev–Trinajstić information content (AvgIpc) is 2.92. The van der Waals surface area contributed by atoms with Crippen molar-refractivity contribution in [2.75, 3.05) is 5.73 Å². The molecule has 0 aromatic heterocycles. The molecule has 2 N–H and O–H groups in total. The highest BCUT2D eigenvalue weighted by Gasteiger charge is 2.13. The van der Waals surface area contributed by atoms with Gasteiger partial charge in [-0.2, -0.15) is 0 Å². The molecule has 0 atom stereocenters. The summed E-state index contributed by atoms with van der Waals surface area (Å²) in [5.41, 5.74) is 9.34. The van der Waals surface area contributed by atoms with Gasteiger partial charge >= 0.3 is 0 Å². The number of nitro groups is 1. The lowest BCUT2D eigenvalue weighted by Gasteiger charge is -2.09. The second-order valence-corrected chi connectivity index (χ2v) is 5.22. The predicted octanol–water partition coefficient (Wildman–Crippen LogP) is 3.24. The molecule has 0 fully saturated rings. The maximum absolute atomic E-state index is 10.7. The third-order valence-corrected chi connectivity index (χ3v) is 3.76. The van der Waals surface area contributed by atoms with Crippen molar-refractivity contribution in [2.24, 2.45) is 0 Å². The van der Waals surface area contributed by atoms with Gasteiger partial charge in [-0.3, -0.25) is 10.1 Å². The first kappa shape index (κ1) is 13.4. The van der Waals surface area contributed by atoms with E-state index in [1.54, 1.807) is 12.1 Å². The van der Waals surface area contributed by atoms with Gasteiger partial charge in [-0.05, 0) is 60.2 Å². The van der Waals surface area contributed by atoms with Crippen LogP contribution in [0.2, 0.25) is 0 Å². The van der Waals surface area contributed by atoms with Gasteiger partial charge in [-0.25, -0.2) is 0 Å². The van der Waals surface area contributed by atoms with E-state index in [0.717, 1.165) is 24.2 Å². The quantitative estimate of drug-likeness (QED) is 0.531. The fourth-order valence-electron chi connectivity index (χ4n) is 2.66. The van der Waals surface area contributed by atoms with E-state index in [2.05, 4.69) is 12.1 Å². The molecule has 0 saturated heterocycles. The van der Waals surface area contributed by atoms with Gasteiger partial charge in [0.05, 0.1) is 4.92 Å². The van der Waals surface area contributed by atoms with Crippen LogP contribution in [0.3, 0.4) is 0 Å². The number of aryl methyl sites for hydroxylation is 2. The lowest BCUT2D eigenvalue weighted by atomic mass is 10.1. The molecule has 2 aromatic rings. The molecule has 3 rings (SSSR count). The van der Waals surface area contributed by atoms with Crippen molar-refractivity contribution in [3.05, 3.63) is 63.2 Å². The number of fused-ring (bicyclic) bond motifs is 1. The zero-order valence-electron chi connectivity index (χ0n) is 11.5. The van der Waals surface area contributed by atoms with Crippen LogP contribution in [0.5, 0.6) is 5.75 Å². The van der Waals surface area contributed by atoms with Gasteiger partial charge in [0, 0.05) is 6.07 Å². The van der Waals surface area contributed by atoms with Gasteiger partial charge < -0.3 is 10.5 Å². The number of anilines is 1. The summed E-state index contributed by atoms with van der Waals surface area (Å²) < 4.78 is 5.75. The van der Waals surface area contributed by atoms with Gasteiger partial charge in [0.15, 0.2) is 0 Å². The van der Waals surface area contributed by atoms with Crippen LogP contribution in [0.15, 0.2) is 36.4 Å². The van der Waals surface area contributed by atoms with Crippen molar-refractivity contribution in [1.82, 2.24) is 0 Å². The Morgan fingerprint density at radius 1 is 1.14 bits per heavy atom. The molecule has 108 valence electrons.